The predicted molar refractivity (Wildman–Crippen MR) is 76.1 cm³/mol. The summed E-state index contributed by atoms with van der Waals surface area (Å²) in [7, 11) is 1.70. The van der Waals surface area contributed by atoms with Crippen molar-refractivity contribution in [3.8, 4) is 0 Å². The lowest BCUT2D eigenvalue weighted by atomic mass is 10.2. The van der Waals surface area contributed by atoms with Crippen molar-refractivity contribution >= 4 is 17.4 Å². The second-order valence-corrected chi connectivity index (χ2v) is 4.65. The van der Waals surface area contributed by atoms with Gasteiger partial charge in [0.05, 0.1) is 17.3 Å². The molecule has 0 aliphatic heterocycles. The first-order valence-corrected chi connectivity index (χ1v) is 6.62. The van der Waals surface area contributed by atoms with Crippen molar-refractivity contribution in [2.45, 2.75) is 32.9 Å². The van der Waals surface area contributed by atoms with E-state index in [4.69, 9.17) is 22.1 Å². The number of anilines is 1. The molecule has 0 saturated carbocycles. The molecule has 0 spiro atoms. The highest BCUT2D eigenvalue weighted by Gasteiger charge is 2.15. The van der Waals surface area contributed by atoms with Gasteiger partial charge in [0.2, 0.25) is 0 Å². The Labute approximate surface area is 114 Å². The molecule has 18 heavy (non-hydrogen) atoms. The van der Waals surface area contributed by atoms with E-state index in [0.29, 0.717) is 24.2 Å². The maximum Gasteiger partial charge on any atom is 0.129 e. The molecule has 0 amide bonds. The van der Waals surface area contributed by atoms with E-state index >= 15 is 0 Å². The minimum Gasteiger partial charge on any atom is -0.383 e. The van der Waals surface area contributed by atoms with Crippen molar-refractivity contribution in [1.82, 2.24) is 4.98 Å². The van der Waals surface area contributed by atoms with Crippen LogP contribution in [0.1, 0.15) is 26.0 Å². The van der Waals surface area contributed by atoms with Crippen molar-refractivity contribution in [2.75, 3.05) is 25.2 Å². The topological polar surface area (TPSA) is 51.4 Å². The van der Waals surface area contributed by atoms with Crippen LogP contribution in [0.3, 0.4) is 0 Å². The summed E-state index contributed by atoms with van der Waals surface area (Å²) >= 11 is 6.03. The summed E-state index contributed by atoms with van der Waals surface area (Å²) < 4.78 is 5.15. The lowest BCUT2D eigenvalue weighted by Gasteiger charge is -2.29. The molecular weight excluding hydrogens is 250 g/mol. The van der Waals surface area contributed by atoms with Gasteiger partial charge in [-0.1, -0.05) is 18.5 Å². The van der Waals surface area contributed by atoms with Gasteiger partial charge in [-0.3, -0.25) is 0 Å². The summed E-state index contributed by atoms with van der Waals surface area (Å²) in [5.41, 5.74) is 6.37. The van der Waals surface area contributed by atoms with Crippen LogP contribution in [0.5, 0.6) is 0 Å². The number of halogens is 1. The number of nitrogens with zero attached hydrogens (tertiary/aromatic N) is 2. The highest BCUT2D eigenvalue weighted by Crippen LogP contribution is 2.21. The molecule has 1 aromatic heterocycles. The van der Waals surface area contributed by atoms with Gasteiger partial charge >= 0.3 is 0 Å². The number of methoxy groups -OCH3 is 1. The monoisotopic (exact) mass is 271 g/mol. The smallest absolute Gasteiger partial charge is 0.129 e. The summed E-state index contributed by atoms with van der Waals surface area (Å²) in [5, 5.41) is 0.622. The van der Waals surface area contributed by atoms with Crippen molar-refractivity contribution in [1.29, 1.82) is 0 Å². The zero-order valence-corrected chi connectivity index (χ0v) is 12.1. The summed E-state index contributed by atoms with van der Waals surface area (Å²) in [6, 6.07) is 4.19. The van der Waals surface area contributed by atoms with Gasteiger partial charge in [0, 0.05) is 26.2 Å². The number of aromatic nitrogens is 1. The Balaban J connectivity index is 2.96. The Morgan fingerprint density at radius 3 is 2.78 bits per heavy atom. The van der Waals surface area contributed by atoms with Crippen LogP contribution in [-0.2, 0) is 11.3 Å². The van der Waals surface area contributed by atoms with Crippen LogP contribution in [0.25, 0.3) is 0 Å². The standard InChI is InChI=1S/C13H22ClN3O/c1-4-10(2)17(7-8-18-3)13-6-5-11(14)12(9-15)16-13/h5-6,10H,4,7-9,15H2,1-3H3. The molecule has 1 unspecified atom stereocenters. The number of ether oxygens (including phenoxy) is 1. The number of rotatable bonds is 7. The summed E-state index contributed by atoms with van der Waals surface area (Å²) in [4.78, 5) is 6.75. The average molecular weight is 272 g/mol. The van der Waals surface area contributed by atoms with E-state index in [1.807, 2.05) is 12.1 Å². The van der Waals surface area contributed by atoms with Crippen molar-refractivity contribution < 1.29 is 4.74 Å². The highest BCUT2D eigenvalue weighted by atomic mass is 35.5. The normalized spacial score (nSPS) is 12.5. The van der Waals surface area contributed by atoms with Gasteiger partial charge in [-0.15, -0.1) is 0 Å². The second-order valence-electron chi connectivity index (χ2n) is 4.25. The van der Waals surface area contributed by atoms with Gasteiger partial charge < -0.3 is 15.4 Å². The Kier molecular flexibility index (Phi) is 6.39. The lowest BCUT2D eigenvalue weighted by Crippen LogP contribution is -2.36. The molecule has 2 N–H and O–H groups in total. The van der Waals surface area contributed by atoms with Crippen LogP contribution in [0.2, 0.25) is 5.02 Å². The van der Waals surface area contributed by atoms with E-state index in [-0.39, 0.29) is 0 Å². The van der Waals surface area contributed by atoms with Crippen molar-refractivity contribution in [3.63, 3.8) is 0 Å². The fraction of sp³-hybridized carbons (Fsp3) is 0.615. The predicted octanol–water partition coefficient (Wildman–Crippen LogP) is 2.45. The van der Waals surface area contributed by atoms with Crippen LogP contribution in [0.15, 0.2) is 12.1 Å². The first-order chi connectivity index (χ1) is 8.63. The van der Waals surface area contributed by atoms with E-state index < -0.39 is 0 Å². The maximum absolute atomic E-state index is 6.03. The van der Waals surface area contributed by atoms with Gasteiger partial charge in [0.1, 0.15) is 5.82 Å². The molecule has 1 aromatic rings. The van der Waals surface area contributed by atoms with E-state index in [9.17, 15) is 0 Å². The molecule has 0 aromatic carbocycles. The average Bonchev–Trinajstić information content (AvgIpc) is 2.40. The van der Waals surface area contributed by atoms with Gasteiger partial charge in [-0.2, -0.15) is 0 Å². The summed E-state index contributed by atoms with van der Waals surface area (Å²) in [6.45, 7) is 6.17. The zero-order chi connectivity index (χ0) is 13.5. The van der Waals surface area contributed by atoms with Crippen LogP contribution >= 0.6 is 11.6 Å². The summed E-state index contributed by atoms with van der Waals surface area (Å²) in [5.74, 6) is 0.909. The molecule has 0 aliphatic carbocycles. The Hall–Kier alpha value is -0.840. The third-order valence-electron chi connectivity index (χ3n) is 3.05. The van der Waals surface area contributed by atoms with Gasteiger partial charge in [0.15, 0.2) is 0 Å². The van der Waals surface area contributed by atoms with E-state index in [1.54, 1.807) is 7.11 Å². The Morgan fingerprint density at radius 1 is 1.50 bits per heavy atom. The molecule has 5 heteroatoms. The molecule has 0 saturated heterocycles. The lowest BCUT2D eigenvalue weighted by molar-refractivity contribution is 0.203. The Bertz CT molecular complexity index is 373. The molecular formula is C13H22ClN3O. The van der Waals surface area contributed by atoms with E-state index in [0.717, 1.165) is 24.5 Å². The first-order valence-electron chi connectivity index (χ1n) is 6.25. The van der Waals surface area contributed by atoms with Gasteiger partial charge in [-0.05, 0) is 25.5 Å². The third-order valence-corrected chi connectivity index (χ3v) is 3.39. The fourth-order valence-electron chi connectivity index (χ4n) is 1.75. The number of hydrogen-bond donors (Lipinski definition) is 1. The van der Waals surface area contributed by atoms with Gasteiger partial charge in [-0.25, -0.2) is 4.98 Å². The first kappa shape index (κ1) is 15.2. The van der Waals surface area contributed by atoms with Crippen LogP contribution in [0.4, 0.5) is 5.82 Å². The van der Waals surface area contributed by atoms with E-state index in [2.05, 4.69) is 23.7 Å². The van der Waals surface area contributed by atoms with Gasteiger partial charge in [0.25, 0.3) is 0 Å². The molecule has 4 nitrogen and oxygen atoms in total. The minimum atomic E-state index is 0.352. The molecule has 0 aliphatic rings. The van der Waals surface area contributed by atoms with E-state index in [1.165, 1.54) is 0 Å². The Morgan fingerprint density at radius 2 is 2.22 bits per heavy atom. The SMILES string of the molecule is CCC(C)N(CCOC)c1ccc(Cl)c(CN)n1. The van der Waals surface area contributed by atoms with Crippen molar-refractivity contribution in [2.24, 2.45) is 5.73 Å². The molecule has 102 valence electrons. The number of hydrogen-bond acceptors (Lipinski definition) is 4. The number of pyridine rings is 1. The highest BCUT2D eigenvalue weighted by molar-refractivity contribution is 6.31. The van der Waals surface area contributed by atoms with Crippen molar-refractivity contribution in [3.05, 3.63) is 22.8 Å². The van der Waals surface area contributed by atoms with Crippen LogP contribution < -0.4 is 10.6 Å². The van der Waals surface area contributed by atoms with Crippen LogP contribution in [0, 0.1) is 0 Å². The molecule has 1 atom stereocenters. The molecule has 1 rings (SSSR count). The second kappa shape index (κ2) is 7.56. The molecule has 0 radical (unpaired) electrons. The van der Waals surface area contributed by atoms with Crippen LogP contribution in [-0.4, -0.2) is 31.3 Å². The maximum atomic E-state index is 6.03. The molecule has 0 fully saturated rings. The quantitative estimate of drug-likeness (QED) is 0.828. The zero-order valence-electron chi connectivity index (χ0n) is 11.3. The molecule has 1 heterocycles. The largest absolute Gasteiger partial charge is 0.383 e. The third kappa shape index (κ3) is 3.83. The fourth-order valence-corrected chi connectivity index (χ4v) is 1.93. The molecule has 0 bridgehead atoms. The number of nitrogens with two attached hydrogens (primary N) is 1. The summed E-state index contributed by atoms with van der Waals surface area (Å²) in [6.07, 6.45) is 1.05. The minimum absolute atomic E-state index is 0.352.